The van der Waals surface area contributed by atoms with Crippen molar-refractivity contribution in [2.75, 3.05) is 11.9 Å². The number of carbonyl (C=O) groups is 1. The van der Waals surface area contributed by atoms with Crippen molar-refractivity contribution in [2.24, 2.45) is 0 Å². The second-order valence-electron chi connectivity index (χ2n) is 4.25. The lowest BCUT2D eigenvalue weighted by Gasteiger charge is -2.13. The molecule has 1 aromatic rings. The van der Waals surface area contributed by atoms with Crippen molar-refractivity contribution in [1.29, 1.82) is 0 Å². The van der Waals surface area contributed by atoms with Gasteiger partial charge in [0, 0.05) is 18.3 Å². The average molecular weight is 287 g/mol. The van der Waals surface area contributed by atoms with E-state index in [9.17, 15) is 18.0 Å². The van der Waals surface area contributed by atoms with Crippen LogP contribution in [0.15, 0.2) is 24.3 Å². The number of benzene rings is 1. The molecule has 0 atom stereocenters. The highest BCUT2D eigenvalue weighted by Gasteiger charge is 2.30. The molecular weight excluding hydrogens is 271 g/mol. The zero-order valence-corrected chi connectivity index (χ0v) is 11.0. The van der Waals surface area contributed by atoms with Gasteiger partial charge in [-0.1, -0.05) is 19.4 Å². The van der Waals surface area contributed by atoms with E-state index in [4.69, 9.17) is 5.11 Å². The van der Waals surface area contributed by atoms with E-state index in [1.807, 2.05) is 6.92 Å². The maximum Gasteiger partial charge on any atom is 0.416 e. The molecule has 3 nitrogen and oxygen atoms in total. The Morgan fingerprint density at radius 2 is 2.10 bits per heavy atom. The number of hydrogen-bond donors (Lipinski definition) is 2. The second kappa shape index (κ2) is 6.98. The van der Waals surface area contributed by atoms with Gasteiger partial charge in [0.25, 0.3) is 0 Å². The van der Waals surface area contributed by atoms with Gasteiger partial charge in [0.05, 0.1) is 5.56 Å². The van der Waals surface area contributed by atoms with Crippen LogP contribution in [-0.4, -0.2) is 17.6 Å². The van der Waals surface area contributed by atoms with Gasteiger partial charge in [-0.25, -0.2) is 4.79 Å². The van der Waals surface area contributed by atoms with Crippen molar-refractivity contribution in [3.63, 3.8) is 0 Å². The lowest BCUT2D eigenvalue weighted by Crippen LogP contribution is -2.08. The standard InChI is InChI=1S/C14H16F3NO2/c1-2-3-8-18-12-9-11(14(15,16)17)6-4-10(12)5-7-13(19)20/h4-7,9,18H,2-3,8H2,1H3,(H,19,20)/b7-5+. The first-order valence-corrected chi connectivity index (χ1v) is 6.20. The van der Waals surface area contributed by atoms with Gasteiger partial charge in [-0.2, -0.15) is 13.2 Å². The van der Waals surface area contributed by atoms with E-state index >= 15 is 0 Å². The predicted octanol–water partition coefficient (Wildman–Crippen LogP) is 4.02. The first kappa shape index (κ1) is 16.1. The Kier molecular flexibility index (Phi) is 5.61. The van der Waals surface area contributed by atoms with Gasteiger partial charge in [-0.15, -0.1) is 0 Å². The van der Waals surface area contributed by atoms with Crippen molar-refractivity contribution in [3.8, 4) is 0 Å². The third-order valence-corrected chi connectivity index (χ3v) is 2.63. The van der Waals surface area contributed by atoms with Crippen LogP contribution in [0, 0.1) is 0 Å². The predicted molar refractivity (Wildman–Crippen MR) is 71.5 cm³/mol. The summed E-state index contributed by atoms with van der Waals surface area (Å²) in [5, 5.41) is 11.5. The molecule has 1 rings (SSSR count). The number of alkyl halides is 3. The molecule has 0 radical (unpaired) electrons. The fraction of sp³-hybridized carbons (Fsp3) is 0.357. The minimum absolute atomic E-state index is 0.283. The average Bonchev–Trinajstić information content (AvgIpc) is 2.36. The second-order valence-corrected chi connectivity index (χ2v) is 4.25. The molecule has 0 aliphatic rings. The van der Waals surface area contributed by atoms with Gasteiger partial charge < -0.3 is 10.4 Å². The van der Waals surface area contributed by atoms with Crippen LogP contribution in [0.4, 0.5) is 18.9 Å². The monoisotopic (exact) mass is 287 g/mol. The van der Waals surface area contributed by atoms with Gasteiger partial charge in [0.15, 0.2) is 0 Å². The van der Waals surface area contributed by atoms with E-state index in [1.165, 1.54) is 12.1 Å². The Balaban J connectivity index is 3.06. The summed E-state index contributed by atoms with van der Waals surface area (Å²) < 4.78 is 38.0. The quantitative estimate of drug-likeness (QED) is 0.614. The highest BCUT2D eigenvalue weighted by Crippen LogP contribution is 2.32. The Labute approximate surface area is 115 Å². The van der Waals surface area contributed by atoms with Gasteiger partial charge in [-0.3, -0.25) is 0 Å². The lowest BCUT2D eigenvalue weighted by molar-refractivity contribution is -0.137. The first-order valence-electron chi connectivity index (χ1n) is 6.20. The molecular formula is C14H16F3NO2. The van der Waals surface area contributed by atoms with Gasteiger partial charge in [0.2, 0.25) is 0 Å². The molecule has 0 aliphatic carbocycles. The van der Waals surface area contributed by atoms with E-state index in [2.05, 4.69) is 5.32 Å². The molecule has 2 N–H and O–H groups in total. The molecule has 0 fully saturated rings. The SMILES string of the molecule is CCCCNc1cc(C(F)(F)F)ccc1/C=C/C(=O)O. The van der Waals surface area contributed by atoms with Gasteiger partial charge in [-0.05, 0) is 30.2 Å². The summed E-state index contributed by atoms with van der Waals surface area (Å²) in [5.74, 6) is -1.15. The van der Waals surface area contributed by atoms with E-state index in [-0.39, 0.29) is 5.69 Å². The normalized spacial score (nSPS) is 11.8. The zero-order chi connectivity index (χ0) is 15.2. The van der Waals surface area contributed by atoms with E-state index in [0.29, 0.717) is 12.1 Å². The molecule has 0 saturated carbocycles. The Morgan fingerprint density at radius 3 is 2.65 bits per heavy atom. The van der Waals surface area contributed by atoms with Crippen LogP contribution in [0.25, 0.3) is 6.08 Å². The molecule has 0 aliphatic heterocycles. The summed E-state index contributed by atoms with van der Waals surface area (Å²) >= 11 is 0. The maximum atomic E-state index is 12.7. The molecule has 0 spiro atoms. The molecule has 0 aromatic heterocycles. The van der Waals surface area contributed by atoms with Crippen LogP contribution in [0.5, 0.6) is 0 Å². The molecule has 0 bridgehead atoms. The van der Waals surface area contributed by atoms with Crippen LogP contribution >= 0.6 is 0 Å². The van der Waals surface area contributed by atoms with Crippen LogP contribution in [-0.2, 0) is 11.0 Å². The highest BCUT2D eigenvalue weighted by molar-refractivity contribution is 5.87. The number of halogens is 3. The number of anilines is 1. The maximum absolute atomic E-state index is 12.7. The lowest BCUT2D eigenvalue weighted by atomic mass is 10.1. The third kappa shape index (κ3) is 4.95. The van der Waals surface area contributed by atoms with Crippen molar-refractivity contribution >= 4 is 17.7 Å². The Hall–Kier alpha value is -1.98. The van der Waals surface area contributed by atoms with E-state index < -0.39 is 17.7 Å². The fourth-order valence-electron chi connectivity index (χ4n) is 1.59. The first-order chi connectivity index (χ1) is 9.34. The number of nitrogens with one attached hydrogen (secondary N) is 1. The molecule has 0 unspecified atom stereocenters. The summed E-state index contributed by atoms with van der Waals surface area (Å²) in [5.41, 5.74) is -0.0637. The third-order valence-electron chi connectivity index (χ3n) is 2.63. The molecule has 6 heteroatoms. The summed E-state index contributed by atoms with van der Waals surface area (Å²) in [6.45, 7) is 2.50. The molecule has 0 heterocycles. The summed E-state index contributed by atoms with van der Waals surface area (Å²) in [6.07, 6.45) is -0.523. The number of rotatable bonds is 6. The number of carboxylic acids is 1. The largest absolute Gasteiger partial charge is 0.478 e. The van der Waals surface area contributed by atoms with Crippen LogP contribution in [0.3, 0.4) is 0 Å². The summed E-state index contributed by atoms with van der Waals surface area (Å²) in [4.78, 5) is 10.5. The van der Waals surface area contributed by atoms with Crippen molar-refractivity contribution < 1.29 is 23.1 Å². The minimum Gasteiger partial charge on any atom is -0.478 e. The molecule has 0 saturated heterocycles. The highest BCUT2D eigenvalue weighted by atomic mass is 19.4. The van der Waals surface area contributed by atoms with Crippen molar-refractivity contribution in [2.45, 2.75) is 25.9 Å². The number of carboxylic acid groups (broad SMARTS) is 1. The Morgan fingerprint density at radius 1 is 1.40 bits per heavy atom. The van der Waals surface area contributed by atoms with Crippen LogP contribution in [0.2, 0.25) is 0 Å². The van der Waals surface area contributed by atoms with Crippen molar-refractivity contribution in [3.05, 3.63) is 35.4 Å². The Bertz CT molecular complexity index is 496. The van der Waals surface area contributed by atoms with Crippen LogP contribution in [0.1, 0.15) is 30.9 Å². The van der Waals surface area contributed by atoms with E-state index in [1.54, 1.807) is 0 Å². The van der Waals surface area contributed by atoms with E-state index in [0.717, 1.165) is 31.1 Å². The number of hydrogen-bond acceptors (Lipinski definition) is 2. The number of unbranched alkanes of at least 4 members (excludes halogenated alkanes) is 1. The molecule has 1 aromatic carbocycles. The smallest absolute Gasteiger partial charge is 0.416 e. The minimum atomic E-state index is -4.42. The summed E-state index contributed by atoms with van der Waals surface area (Å²) in [7, 11) is 0. The van der Waals surface area contributed by atoms with Gasteiger partial charge >= 0.3 is 12.1 Å². The fourth-order valence-corrected chi connectivity index (χ4v) is 1.59. The molecule has 20 heavy (non-hydrogen) atoms. The number of aliphatic carboxylic acids is 1. The molecule has 0 amide bonds. The molecule has 110 valence electrons. The van der Waals surface area contributed by atoms with Crippen LogP contribution < -0.4 is 5.32 Å². The van der Waals surface area contributed by atoms with Gasteiger partial charge in [0.1, 0.15) is 0 Å². The summed E-state index contributed by atoms with van der Waals surface area (Å²) in [6, 6.07) is 3.19. The zero-order valence-electron chi connectivity index (χ0n) is 11.0. The van der Waals surface area contributed by atoms with Crippen molar-refractivity contribution in [1.82, 2.24) is 0 Å². The topological polar surface area (TPSA) is 49.3 Å².